The molecule has 1 atom stereocenters. The predicted octanol–water partition coefficient (Wildman–Crippen LogP) is 4.31. The number of para-hydroxylation sites is 1. The standard InChI is InChI=1S/C14H20BrNO/c1-5-10(2)11-8-6-7-9-12(11)16-13(17)14(3,4)15/h6-10H,5H2,1-4H3,(H,16,17). The zero-order valence-electron chi connectivity index (χ0n) is 10.9. The number of hydrogen-bond acceptors (Lipinski definition) is 1. The van der Waals surface area contributed by atoms with Crippen LogP contribution in [0.4, 0.5) is 5.69 Å². The molecule has 1 N–H and O–H groups in total. The molecule has 1 rings (SSSR count). The molecule has 0 saturated carbocycles. The van der Waals surface area contributed by atoms with Gasteiger partial charge in [-0.1, -0.05) is 48.0 Å². The summed E-state index contributed by atoms with van der Waals surface area (Å²) < 4.78 is -0.546. The Bertz CT molecular complexity index is 395. The Balaban J connectivity index is 2.95. The van der Waals surface area contributed by atoms with E-state index in [1.165, 1.54) is 5.56 Å². The summed E-state index contributed by atoms with van der Waals surface area (Å²) in [5, 5.41) is 2.98. The van der Waals surface area contributed by atoms with Gasteiger partial charge >= 0.3 is 0 Å². The number of alkyl halides is 1. The van der Waals surface area contributed by atoms with Crippen molar-refractivity contribution in [2.75, 3.05) is 5.32 Å². The van der Waals surface area contributed by atoms with Crippen molar-refractivity contribution in [1.82, 2.24) is 0 Å². The smallest absolute Gasteiger partial charge is 0.240 e. The van der Waals surface area contributed by atoms with Crippen LogP contribution in [-0.4, -0.2) is 10.2 Å². The average molecular weight is 298 g/mol. The van der Waals surface area contributed by atoms with Crippen molar-refractivity contribution in [2.24, 2.45) is 0 Å². The zero-order valence-corrected chi connectivity index (χ0v) is 12.5. The number of carbonyl (C=O) groups is 1. The minimum atomic E-state index is -0.546. The van der Waals surface area contributed by atoms with Gasteiger partial charge in [-0.15, -0.1) is 0 Å². The Labute approximate surface area is 112 Å². The molecule has 0 saturated heterocycles. The van der Waals surface area contributed by atoms with Gasteiger partial charge < -0.3 is 5.32 Å². The summed E-state index contributed by atoms with van der Waals surface area (Å²) >= 11 is 3.37. The number of rotatable bonds is 4. The highest BCUT2D eigenvalue weighted by molar-refractivity contribution is 9.10. The van der Waals surface area contributed by atoms with Gasteiger partial charge in [0.25, 0.3) is 0 Å². The first-order valence-electron chi connectivity index (χ1n) is 5.95. The fourth-order valence-electron chi connectivity index (χ4n) is 1.53. The summed E-state index contributed by atoms with van der Waals surface area (Å²) in [5.74, 6) is 0.429. The third-order valence-electron chi connectivity index (χ3n) is 2.89. The molecular weight excluding hydrogens is 278 g/mol. The topological polar surface area (TPSA) is 29.1 Å². The molecule has 1 unspecified atom stereocenters. The van der Waals surface area contributed by atoms with E-state index in [0.29, 0.717) is 5.92 Å². The summed E-state index contributed by atoms with van der Waals surface area (Å²) in [4.78, 5) is 11.9. The van der Waals surface area contributed by atoms with Crippen molar-refractivity contribution in [2.45, 2.75) is 44.4 Å². The first-order valence-corrected chi connectivity index (χ1v) is 6.74. The van der Waals surface area contributed by atoms with Crippen LogP contribution < -0.4 is 5.32 Å². The van der Waals surface area contributed by atoms with Crippen LogP contribution in [0.3, 0.4) is 0 Å². The van der Waals surface area contributed by atoms with E-state index < -0.39 is 4.32 Å². The zero-order chi connectivity index (χ0) is 13.1. The molecule has 0 aliphatic carbocycles. The number of amides is 1. The van der Waals surface area contributed by atoms with Crippen LogP contribution in [0.25, 0.3) is 0 Å². The normalized spacial score (nSPS) is 13.2. The molecule has 0 aliphatic rings. The molecule has 0 aliphatic heterocycles. The van der Waals surface area contributed by atoms with E-state index in [1.54, 1.807) is 0 Å². The van der Waals surface area contributed by atoms with Gasteiger partial charge in [0.1, 0.15) is 0 Å². The number of nitrogens with one attached hydrogen (secondary N) is 1. The van der Waals surface area contributed by atoms with E-state index in [9.17, 15) is 4.79 Å². The van der Waals surface area contributed by atoms with Crippen molar-refractivity contribution in [1.29, 1.82) is 0 Å². The van der Waals surface area contributed by atoms with Crippen LogP contribution >= 0.6 is 15.9 Å². The molecule has 3 heteroatoms. The lowest BCUT2D eigenvalue weighted by Gasteiger charge is -2.20. The number of hydrogen-bond donors (Lipinski definition) is 1. The van der Waals surface area contributed by atoms with E-state index in [2.05, 4.69) is 41.2 Å². The van der Waals surface area contributed by atoms with Gasteiger partial charge in [-0.3, -0.25) is 4.79 Å². The monoisotopic (exact) mass is 297 g/mol. The Morgan fingerprint density at radius 1 is 1.41 bits per heavy atom. The van der Waals surface area contributed by atoms with Gasteiger partial charge in [0.15, 0.2) is 0 Å². The molecule has 17 heavy (non-hydrogen) atoms. The van der Waals surface area contributed by atoms with Crippen LogP contribution in [0.1, 0.15) is 45.6 Å². The average Bonchev–Trinajstić information content (AvgIpc) is 2.27. The quantitative estimate of drug-likeness (QED) is 0.824. The lowest BCUT2D eigenvalue weighted by molar-refractivity contribution is -0.117. The molecule has 1 aromatic carbocycles. The summed E-state index contributed by atoms with van der Waals surface area (Å²) in [7, 11) is 0. The SMILES string of the molecule is CCC(C)c1ccccc1NC(=O)C(C)(C)Br. The maximum atomic E-state index is 11.9. The Kier molecular flexibility index (Phi) is 4.75. The maximum absolute atomic E-state index is 11.9. The second kappa shape index (κ2) is 5.67. The number of benzene rings is 1. The number of carbonyl (C=O) groups excluding carboxylic acids is 1. The van der Waals surface area contributed by atoms with Gasteiger partial charge in [0, 0.05) is 5.69 Å². The van der Waals surface area contributed by atoms with Crippen LogP contribution in [0.15, 0.2) is 24.3 Å². The van der Waals surface area contributed by atoms with Gasteiger partial charge in [-0.25, -0.2) is 0 Å². The summed E-state index contributed by atoms with van der Waals surface area (Å²) in [6, 6.07) is 7.99. The van der Waals surface area contributed by atoms with Crippen LogP contribution in [-0.2, 0) is 4.79 Å². The Hall–Kier alpha value is -0.830. The molecule has 0 aromatic heterocycles. The minimum absolute atomic E-state index is 0.0201. The molecule has 0 spiro atoms. The largest absolute Gasteiger partial charge is 0.325 e. The molecular formula is C14H20BrNO. The molecule has 0 radical (unpaired) electrons. The lowest BCUT2D eigenvalue weighted by Crippen LogP contribution is -2.31. The van der Waals surface area contributed by atoms with Gasteiger partial charge in [-0.2, -0.15) is 0 Å². The number of anilines is 1. The highest BCUT2D eigenvalue weighted by Gasteiger charge is 2.24. The highest BCUT2D eigenvalue weighted by atomic mass is 79.9. The second-order valence-electron chi connectivity index (χ2n) is 4.82. The van der Waals surface area contributed by atoms with Gasteiger partial charge in [0.05, 0.1) is 4.32 Å². The van der Waals surface area contributed by atoms with Crippen LogP contribution in [0, 0.1) is 0 Å². The van der Waals surface area contributed by atoms with Crippen LogP contribution in [0.2, 0.25) is 0 Å². The maximum Gasteiger partial charge on any atom is 0.240 e. The fraction of sp³-hybridized carbons (Fsp3) is 0.500. The third-order valence-corrected chi connectivity index (χ3v) is 3.25. The first kappa shape index (κ1) is 14.2. The second-order valence-corrected chi connectivity index (χ2v) is 6.81. The molecule has 2 nitrogen and oxygen atoms in total. The first-order chi connectivity index (χ1) is 7.86. The van der Waals surface area contributed by atoms with E-state index in [4.69, 9.17) is 0 Å². The van der Waals surface area contributed by atoms with Crippen molar-refractivity contribution < 1.29 is 4.79 Å². The Morgan fingerprint density at radius 2 is 2.00 bits per heavy atom. The summed E-state index contributed by atoms with van der Waals surface area (Å²) in [5.41, 5.74) is 2.11. The molecule has 1 aromatic rings. The molecule has 0 fully saturated rings. The molecule has 0 heterocycles. The molecule has 1 amide bonds. The summed E-state index contributed by atoms with van der Waals surface area (Å²) in [6.07, 6.45) is 1.06. The third kappa shape index (κ3) is 3.84. The van der Waals surface area contributed by atoms with Crippen molar-refractivity contribution in [3.05, 3.63) is 29.8 Å². The molecule has 94 valence electrons. The van der Waals surface area contributed by atoms with E-state index in [1.807, 2.05) is 32.0 Å². The predicted molar refractivity (Wildman–Crippen MR) is 76.8 cm³/mol. The number of halogens is 1. The summed E-state index contributed by atoms with van der Waals surface area (Å²) in [6.45, 7) is 8.00. The van der Waals surface area contributed by atoms with E-state index >= 15 is 0 Å². The van der Waals surface area contributed by atoms with Crippen molar-refractivity contribution in [3.8, 4) is 0 Å². The van der Waals surface area contributed by atoms with E-state index in [-0.39, 0.29) is 5.91 Å². The van der Waals surface area contributed by atoms with Gasteiger partial charge in [0.2, 0.25) is 5.91 Å². The Morgan fingerprint density at radius 3 is 2.53 bits per heavy atom. The minimum Gasteiger partial charge on any atom is -0.325 e. The van der Waals surface area contributed by atoms with Crippen molar-refractivity contribution in [3.63, 3.8) is 0 Å². The molecule has 0 bridgehead atoms. The highest BCUT2D eigenvalue weighted by Crippen LogP contribution is 2.28. The van der Waals surface area contributed by atoms with Crippen molar-refractivity contribution >= 4 is 27.5 Å². The van der Waals surface area contributed by atoms with E-state index in [0.717, 1.165) is 12.1 Å². The van der Waals surface area contributed by atoms with Gasteiger partial charge in [-0.05, 0) is 37.8 Å². The fourth-order valence-corrected chi connectivity index (χ4v) is 1.63. The van der Waals surface area contributed by atoms with Crippen LogP contribution in [0.5, 0.6) is 0 Å². The lowest BCUT2D eigenvalue weighted by atomic mass is 9.96.